The monoisotopic (exact) mass is 454 g/mol. The lowest BCUT2D eigenvalue weighted by molar-refractivity contribution is -0.126. The van der Waals surface area contributed by atoms with Crippen LogP contribution in [0.1, 0.15) is 18.5 Å². The van der Waals surface area contributed by atoms with Crippen molar-refractivity contribution < 1.29 is 17.9 Å². The van der Waals surface area contributed by atoms with Gasteiger partial charge in [-0.2, -0.15) is 9.40 Å². The highest BCUT2D eigenvalue weighted by molar-refractivity contribution is 7.89. The van der Waals surface area contributed by atoms with Gasteiger partial charge in [0.15, 0.2) is 0 Å². The molecule has 1 amide bonds. The first-order valence-electron chi connectivity index (χ1n) is 10.5. The number of carbonyl (C=O) groups is 1. The molecule has 1 aromatic heterocycles. The van der Waals surface area contributed by atoms with Crippen molar-refractivity contribution in [3.05, 3.63) is 72.6 Å². The molecule has 0 bridgehead atoms. The summed E-state index contributed by atoms with van der Waals surface area (Å²) in [5.41, 5.74) is 1.65. The van der Waals surface area contributed by atoms with Gasteiger partial charge in [0.25, 0.3) is 0 Å². The summed E-state index contributed by atoms with van der Waals surface area (Å²) in [5, 5.41) is 7.44. The van der Waals surface area contributed by atoms with Gasteiger partial charge in [-0.25, -0.2) is 13.1 Å². The van der Waals surface area contributed by atoms with Crippen molar-refractivity contribution in [3.8, 4) is 11.4 Å². The Morgan fingerprint density at radius 1 is 1.06 bits per heavy atom. The fourth-order valence-corrected chi connectivity index (χ4v) is 5.25. The number of nitrogens with zero attached hydrogens (tertiary/aromatic N) is 3. The highest BCUT2D eigenvalue weighted by Gasteiger charge is 2.31. The first kappa shape index (κ1) is 22.0. The van der Waals surface area contributed by atoms with E-state index in [1.54, 1.807) is 42.1 Å². The Balaban J connectivity index is 1.29. The van der Waals surface area contributed by atoms with E-state index in [4.69, 9.17) is 4.74 Å². The molecule has 0 radical (unpaired) electrons. The number of nitrogens with one attached hydrogen (secondary N) is 1. The van der Waals surface area contributed by atoms with Crippen LogP contribution in [0.2, 0.25) is 0 Å². The summed E-state index contributed by atoms with van der Waals surface area (Å²) >= 11 is 0. The predicted molar refractivity (Wildman–Crippen MR) is 120 cm³/mol. The first-order chi connectivity index (χ1) is 15.5. The van der Waals surface area contributed by atoms with Gasteiger partial charge in [-0.3, -0.25) is 4.79 Å². The summed E-state index contributed by atoms with van der Waals surface area (Å²) in [6, 6.07) is 17.8. The van der Waals surface area contributed by atoms with Crippen LogP contribution in [0.25, 0.3) is 5.69 Å². The summed E-state index contributed by atoms with van der Waals surface area (Å²) in [6.07, 6.45) is 2.84. The number of piperidine rings is 1. The number of rotatable bonds is 7. The van der Waals surface area contributed by atoms with Crippen LogP contribution in [-0.2, 0) is 21.4 Å². The number of ether oxygens (including phenoxy) is 1. The normalized spacial score (nSPS) is 15.4. The second-order valence-electron chi connectivity index (χ2n) is 7.66. The van der Waals surface area contributed by atoms with Crippen molar-refractivity contribution in [2.75, 3.05) is 20.2 Å². The first-order valence-corrected chi connectivity index (χ1v) is 11.9. The summed E-state index contributed by atoms with van der Waals surface area (Å²) in [6.45, 7) is 0.993. The fourth-order valence-electron chi connectivity index (χ4n) is 3.76. The molecule has 168 valence electrons. The summed E-state index contributed by atoms with van der Waals surface area (Å²) in [4.78, 5) is 12.9. The molecule has 3 aromatic rings. The summed E-state index contributed by atoms with van der Waals surface area (Å²) in [5.74, 6) is 0.498. The van der Waals surface area contributed by atoms with Gasteiger partial charge in [-0.05, 0) is 55.3 Å². The lowest BCUT2D eigenvalue weighted by atomic mass is 9.97. The molecule has 2 aromatic carbocycles. The molecule has 1 N–H and O–H groups in total. The highest BCUT2D eigenvalue weighted by atomic mass is 32.2. The van der Waals surface area contributed by atoms with Crippen LogP contribution in [0.15, 0.2) is 71.8 Å². The smallest absolute Gasteiger partial charge is 0.243 e. The molecule has 1 fully saturated rings. The minimum absolute atomic E-state index is 0.0687. The van der Waals surface area contributed by atoms with Crippen LogP contribution < -0.4 is 10.1 Å². The Hall–Kier alpha value is -3.17. The van der Waals surface area contributed by atoms with Crippen molar-refractivity contribution in [1.29, 1.82) is 0 Å². The zero-order chi connectivity index (χ0) is 22.6. The third kappa shape index (κ3) is 4.84. The summed E-state index contributed by atoms with van der Waals surface area (Å²) in [7, 11) is -1.89. The maximum atomic E-state index is 12.7. The van der Waals surface area contributed by atoms with Crippen molar-refractivity contribution in [2.24, 2.45) is 5.92 Å². The lowest BCUT2D eigenvalue weighted by Crippen LogP contribution is -2.42. The Kier molecular flexibility index (Phi) is 6.57. The van der Waals surface area contributed by atoms with E-state index in [0.717, 1.165) is 17.1 Å². The number of hydrogen-bond acceptors (Lipinski definition) is 5. The fraction of sp³-hybridized carbons (Fsp3) is 0.304. The van der Waals surface area contributed by atoms with E-state index in [1.165, 1.54) is 4.31 Å². The van der Waals surface area contributed by atoms with Crippen LogP contribution in [0.5, 0.6) is 5.75 Å². The molecule has 0 spiro atoms. The topological polar surface area (TPSA) is 93.5 Å². The quantitative estimate of drug-likeness (QED) is 0.592. The molecular formula is C23H26N4O4S. The van der Waals surface area contributed by atoms with E-state index in [2.05, 4.69) is 10.4 Å². The third-order valence-corrected chi connectivity index (χ3v) is 7.54. The molecule has 0 saturated carbocycles. The second-order valence-corrected chi connectivity index (χ2v) is 9.60. The molecule has 9 heteroatoms. The third-order valence-electron chi connectivity index (χ3n) is 5.63. The van der Waals surface area contributed by atoms with Crippen LogP contribution in [0.3, 0.4) is 0 Å². The standard InChI is InChI=1S/C23H26N4O4S/c1-31-21-9-7-20(8-10-21)27-16-13-19(25-27)17-24-23(28)18-11-14-26(15-12-18)32(29,30)22-5-3-2-4-6-22/h2-10,13,16,18H,11-12,14-15,17H2,1H3,(H,24,28). The van der Waals surface area contributed by atoms with Gasteiger partial charge in [-0.15, -0.1) is 0 Å². The molecular weight excluding hydrogens is 428 g/mol. The SMILES string of the molecule is COc1ccc(-n2ccc(CNC(=O)C3CCN(S(=O)(=O)c4ccccc4)CC3)n2)cc1. The average molecular weight is 455 g/mol. The minimum atomic E-state index is -3.51. The van der Waals surface area contributed by atoms with Gasteiger partial charge in [0, 0.05) is 25.2 Å². The number of benzene rings is 2. The molecule has 1 aliphatic rings. The van der Waals surface area contributed by atoms with Crippen LogP contribution in [0, 0.1) is 5.92 Å². The molecule has 8 nitrogen and oxygen atoms in total. The van der Waals surface area contributed by atoms with Crippen molar-refractivity contribution in [3.63, 3.8) is 0 Å². The van der Waals surface area contributed by atoms with Crippen molar-refractivity contribution >= 4 is 15.9 Å². The molecule has 0 unspecified atom stereocenters. The van der Waals surface area contributed by atoms with E-state index in [9.17, 15) is 13.2 Å². The predicted octanol–water partition coefficient (Wildman–Crippen LogP) is 2.60. The number of sulfonamides is 1. The van der Waals surface area contributed by atoms with Crippen molar-refractivity contribution in [1.82, 2.24) is 19.4 Å². The average Bonchev–Trinajstić information content (AvgIpc) is 3.32. The van der Waals surface area contributed by atoms with Gasteiger partial charge < -0.3 is 10.1 Å². The number of methoxy groups -OCH3 is 1. The molecule has 2 heterocycles. The minimum Gasteiger partial charge on any atom is -0.497 e. The maximum absolute atomic E-state index is 12.7. The number of hydrogen-bond donors (Lipinski definition) is 1. The van der Waals surface area contributed by atoms with E-state index in [1.807, 2.05) is 36.5 Å². The molecule has 32 heavy (non-hydrogen) atoms. The Bertz CT molecular complexity index is 1150. The van der Waals surface area contributed by atoms with Gasteiger partial charge in [0.2, 0.25) is 15.9 Å². The van der Waals surface area contributed by atoms with E-state index < -0.39 is 10.0 Å². The van der Waals surface area contributed by atoms with Gasteiger partial charge in [0.1, 0.15) is 5.75 Å². The van der Waals surface area contributed by atoms with Crippen LogP contribution in [-0.4, -0.2) is 48.6 Å². The Morgan fingerprint density at radius 2 is 1.75 bits per heavy atom. The molecule has 0 aliphatic carbocycles. The number of aromatic nitrogens is 2. The van der Waals surface area contributed by atoms with Crippen LogP contribution in [0.4, 0.5) is 0 Å². The van der Waals surface area contributed by atoms with Crippen molar-refractivity contribution in [2.45, 2.75) is 24.3 Å². The van der Waals surface area contributed by atoms with E-state index in [-0.39, 0.29) is 16.7 Å². The van der Waals surface area contributed by atoms with Crippen LogP contribution >= 0.6 is 0 Å². The maximum Gasteiger partial charge on any atom is 0.243 e. The number of carbonyl (C=O) groups excluding carboxylic acids is 1. The van der Waals surface area contributed by atoms with Gasteiger partial charge in [0.05, 0.1) is 29.9 Å². The second kappa shape index (κ2) is 9.54. The Labute approximate surface area is 187 Å². The summed E-state index contributed by atoms with van der Waals surface area (Å²) < 4.78 is 33.8. The molecule has 1 aliphatic heterocycles. The lowest BCUT2D eigenvalue weighted by Gasteiger charge is -2.30. The largest absolute Gasteiger partial charge is 0.497 e. The van der Waals surface area contributed by atoms with E-state index in [0.29, 0.717) is 32.5 Å². The van der Waals surface area contributed by atoms with E-state index >= 15 is 0 Å². The zero-order valence-corrected chi connectivity index (χ0v) is 18.7. The molecule has 1 saturated heterocycles. The molecule has 0 atom stereocenters. The highest BCUT2D eigenvalue weighted by Crippen LogP contribution is 2.24. The zero-order valence-electron chi connectivity index (χ0n) is 17.8. The molecule has 4 rings (SSSR count). The van der Waals surface area contributed by atoms with Gasteiger partial charge in [-0.1, -0.05) is 18.2 Å². The van der Waals surface area contributed by atoms with Gasteiger partial charge >= 0.3 is 0 Å². The Morgan fingerprint density at radius 3 is 2.41 bits per heavy atom. The number of amides is 1.